The van der Waals surface area contributed by atoms with E-state index in [-0.39, 0.29) is 0 Å². The van der Waals surface area contributed by atoms with Crippen molar-refractivity contribution >= 4 is 39.1 Å². The summed E-state index contributed by atoms with van der Waals surface area (Å²) in [4.78, 5) is 12.5. The molecular weight excluding hydrogens is 320 g/mol. The molecule has 0 saturated heterocycles. The first-order chi connectivity index (χ1) is 11.7. The van der Waals surface area contributed by atoms with Gasteiger partial charge in [-0.15, -0.1) is 0 Å². The minimum Gasteiger partial charge on any atom is -0.422 e. The highest BCUT2D eigenvalue weighted by Crippen LogP contribution is 2.39. The van der Waals surface area contributed by atoms with Crippen molar-refractivity contribution in [3.8, 4) is 5.75 Å². The first kappa shape index (κ1) is 14.7. The number of hydrogen-bond donors (Lipinski definition) is 0. The molecule has 0 fully saturated rings. The van der Waals surface area contributed by atoms with Gasteiger partial charge in [0.15, 0.2) is 0 Å². The van der Waals surface area contributed by atoms with Crippen molar-refractivity contribution in [1.29, 1.82) is 0 Å². The van der Waals surface area contributed by atoms with Gasteiger partial charge in [-0.25, -0.2) is 4.79 Å². The topological polar surface area (TPSA) is 26.3 Å². The third kappa shape index (κ3) is 2.51. The predicted octanol–water partition coefficient (Wildman–Crippen LogP) is 5.87. The molecule has 0 aliphatic heterocycles. The van der Waals surface area contributed by atoms with Crippen molar-refractivity contribution in [2.45, 2.75) is 0 Å². The van der Waals surface area contributed by atoms with E-state index in [0.717, 1.165) is 21.5 Å². The van der Waals surface area contributed by atoms with Crippen LogP contribution >= 0.6 is 11.6 Å². The molecule has 0 amide bonds. The average molecular weight is 333 g/mol. The van der Waals surface area contributed by atoms with Gasteiger partial charge in [0, 0.05) is 10.8 Å². The van der Waals surface area contributed by atoms with Gasteiger partial charge in [0.05, 0.1) is 10.6 Å². The number of esters is 1. The largest absolute Gasteiger partial charge is 0.422 e. The Morgan fingerprint density at radius 1 is 0.792 bits per heavy atom. The van der Waals surface area contributed by atoms with Crippen LogP contribution in [0.4, 0.5) is 0 Å². The molecule has 0 N–H and O–H groups in total. The lowest BCUT2D eigenvalue weighted by Gasteiger charge is -2.13. The lowest BCUT2D eigenvalue weighted by Crippen LogP contribution is -2.09. The number of carbonyl (C=O) groups excluding carboxylic acids is 1. The summed E-state index contributed by atoms with van der Waals surface area (Å²) in [5, 5.41) is 4.12. The highest BCUT2D eigenvalue weighted by Gasteiger charge is 2.16. The van der Waals surface area contributed by atoms with Crippen LogP contribution in [-0.2, 0) is 0 Å². The van der Waals surface area contributed by atoms with Gasteiger partial charge in [-0.2, -0.15) is 0 Å². The van der Waals surface area contributed by atoms with E-state index >= 15 is 0 Å². The Labute approximate surface area is 144 Å². The molecule has 0 aliphatic rings. The maximum absolute atomic E-state index is 12.5. The molecule has 0 radical (unpaired) electrons. The van der Waals surface area contributed by atoms with Gasteiger partial charge < -0.3 is 4.74 Å². The third-order valence-corrected chi connectivity index (χ3v) is 4.31. The van der Waals surface area contributed by atoms with Crippen LogP contribution < -0.4 is 4.74 Å². The zero-order valence-corrected chi connectivity index (χ0v) is 13.5. The molecule has 0 atom stereocenters. The molecule has 0 heterocycles. The molecule has 4 aromatic carbocycles. The summed E-state index contributed by atoms with van der Waals surface area (Å²) in [5.74, 6) is 0.107. The quantitative estimate of drug-likeness (QED) is 0.261. The summed E-state index contributed by atoms with van der Waals surface area (Å²) < 4.78 is 5.78. The second-order valence-electron chi connectivity index (χ2n) is 5.52. The van der Waals surface area contributed by atoms with Crippen molar-refractivity contribution in [2.75, 3.05) is 0 Å². The molecule has 0 saturated carbocycles. The van der Waals surface area contributed by atoms with Crippen LogP contribution in [0.25, 0.3) is 21.5 Å². The molecule has 24 heavy (non-hydrogen) atoms. The summed E-state index contributed by atoms with van der Waals surface area (Å²) in [6, 6.07) is 24.5. The number of halogens is 1. The minimum atomic E-state index is -0.395. The summed E-state index contributed by atoms with van der Waals surface area (Å²) in [6.45, 7) is 0. The van der Waals surface area contributed by atoms with Gasteiger partial charge in [0.1, 0.15) is 5.75 Å². The standard InChI is InChI=1S/C21H13ClO2/c22-18-12-6-10-16-13-15-9-4-5-11-17(15)20(19(16)18)24-21(23)14-7-2-1-3-8-14/h1-13H. The SMILES string of the molecule is O=C(Oc1c2ccccc2cc2cccc(Cl)c12)c1ccccc1. The number of hydrogen-bond acceptors (Lipinski definition) is 2. The van der Waals surface area contributed by atoms with Crippen LogP contribution in [0, 0.1) is 0 Å². The molecular formula is C21H13ClO2. The molecule has 4 rings (SSSR count). The van der Waals surface area contributed by atoms with Crippen LogP contribution in [0.1, 0.15) is 10.4 Å². The third-order valence-electron chi connectivity index (χ3n) is 3.99. The molecule has 0 bridgehead atoms. The molecule has 2 nitrogen and oxygen atoms in total. The second-order valence-corrected chi connectivity index (χ2v) is 5.93. The summed E-state index contributed by atoms with van der Waals surface area (Å²) in [6.07, 6.45) is 0. The van der Waals surface area contributed by atoms with Gasteiger partial charge >= 0.3 is 5.97 Å². The normalized spacial score (nSPS) is 10.9. The van der Waals surface area contributed by atoms with Crippen molar-refractivity contribution in [1.82, 2.24) is 0 Å². The average Bonchev–Trinajstić information content (AvgIpc) is 2.62. The van der Waals surface area contributed by atoms with Crippen molar-refractivity contribution < 1.29 is 9.53 Å². The molecule has 0 aromatic heterocycles. The maximum atomic E-state index is 12.5. The first-order valence-corrected chi connectivity index (χ1v) is 7.99. The van der Waals surface area contributed by atoms with Gasteiger partial charge in [-0.1, -0.05) is 66.2 Å². The first-order valence-electron chi connectivity index (χ1n) is 7.61. The van der Waals surface area contributed by atoms with Gasteiger partial charge in [-0.3, -0.25) is 0 Å². The van der Waals surface area contributed by atoms with Crippen LogP contribution in [0.2, 0.25) is 5.02 Å². The van der Waals surface area contributed by atoms with E-state index in [9.17, 15) is 4.79 Å². The van der Waals surface area contributed by atoms with E-state index in [4.69, 9.17) is 16.3 Å². The molecule has 0 spiro atoms. The monoisotopic (exact) mass is 332 g/mol. The van der Waals surface area contributed by atoms with Crippen LogP contribution in [0.3, 0.4) is 0 Å². The molecule has 0 aliphatic carbocycles. The van der Waals surface area contributed by atoms with Crippen molar-refractivity contribution in [2.24, 2.45) is 0 Å². The predicted molar refractivity (Wildman–Crippen MR) is 97.9 cm³/mol. The van der Waals surface area contributed by atoms with E-state index < -0.39 is 5.97 Å². The fraction of sp³-hybridized carbons (Fsp3) is 0. The minimum absolute atomic E-state index is 0.395. The Balaban J connectivity index is 1.96. The maximum Gasteiger partial charge on any atom is 0.343 e. The van der Waals surface area contributed by atoms with E-state index in [1.165, 1.54) is 0 Å². The van der Waals surface area contributed by atoms with Crippen molar-refractivity contribution in [3.05, 3.63) is 89.4 Å². The van der Waals surface area contributed by atoms with Crippen LogP contribution in [-0.4, -0.2) is 5.97 Å². The molecule has 116 valence electrons. The summed E-state index contributed by atoms with van der Waals surface area (Å²) >= 11 is 6.40. The molecule has 0 unspecified atom stereocenters. The summed E-state index contributed by atoms with van der Waals surface area (Å²) in [7, 11) is 0. The Bertz CT molecular complexity index is 1060. The Morgan fingerprint density at radius 3 is 2.33 bits per heavy atom. The fourth-order valence-electron chi connectivity index (χ4n) is 2.86. The zero-order chi connectivity index (χ0) is 16.5. The lowest BCUT2D eigenvalue weighted by atomic mass is 10.0. The van der Waals surface area contributed by atoms with E-state index in [1.807, 2.05) is 54.6 Å². The zero-order valence-electron chi connectivity index (χ0n) is 12.7. The van der Waals surface area contributed by atoms with E-state index in [1.54, 1.807) is 18.2 Å². The number of ether oxygens (including phenoxy) is 1. The fourth-order valence-corrected chi connectivity index (χ4v) is 3.13. The summed E-state index contributed by atoms with van der Waals surface area (Å²) in [5.41, 5.74) is 0.505. The number of benzene rings is 4. The van der Waals surface area contributed by atoms with Gasteiger partial charge in [0.2, 0.25) is 0 Å². The van der Waals surface area contributed by atoms with Crippen LogP contribution in [0.15, 0.2) is 78.9 Å². The lowest BCUT2D eigenvalue weighted by molar-refractivity contribution is 0.0739. The van der Waals surface area contributed by atoms with Crippen LogP contribution in [0.5, 0.6) is 5.75 Å². The smallest absolute Gasteiger partial charge is 0.343 e. The highest BCUT2D eigenvalue weighted by molar-refractivity contribution is 6.37. The van der Waals surface area contributed by atoms with Gasteiger partial charge in [0.25, 0.3) is 0 Å². The Morgan fingerprint density at radius 2 is 1.50 bits per heavy atom. The van der Waals surface area contributed by atoms with Gasteiger partial charge in [-0.05, 0) is 35.0 Å². The van der Waals surface area contributed by atoms with E-state index in [0.29, 0.717) is 16.3 Å². The molecule has 4 aromatic rings. The molecule has 3 heteroatoms. The number of fused-ring (bicyclic) bond motifs is 2. The van der Waals surface area contributed by atoms with E-state index in [2.05, 4.69) is 6.07 Å². The second kappa shape index (κ2) is 5.99. The van der Waals surface area contributed by atoms with Crippen molar-refractivity contribution in [3.63, 3.8) is 0 Å². The highest BCUT2D eigenvalue weighted by atomic mass is 35.5. The number of rotatable bonds is 2. The Kier molecular flexibility index (Phi) is 3.68. The number of carbonyl (C=O) groups is 1. The Hall–Kier alpha value is -2.84.